The Morgan fingerprint density at radius 2 is 2.29 bits per heavy atom. The van der Waals surface area contributed by atoms with Crippen molar-refractivity contribution in [2.45, 2.75) is 6.54 Å². The predicted molar refractivity (Wildman–Crippen MR) is 64.9 cm³/mol. The quantitative estimate of drug-likeness (QED) is 0.907. The number of benzene rings is 1. The summed E-state index contributed by atoms with van der Waals surface area (Å²) in [5.74, 6) is -0.337. The zero-order valence-electron chi connectivity index (χ0n) is 8.68. The van der Waals surface area contributed by atoms with Gasteiger partial charge in [-0.3, -0.25) is 0 Å². The maximum absolute atomic E-state index is 11.0. The second-order valence-electron chi connectivity index (χ2n) is 3.33. The summed E-state index contributed by atoms with van der Waals surface area (Å²) >= 11 is 3.23. The van der Waals surface area contributed by atoms with Crippen molar-refractivity contribution in [3.05, 3.63) is 46.3 Å². The molecule has 0 radical (unpaired) electrons. The Morgan fingerprint density at radius 3 is 2.94 bits per heavy atom. The van der Waals surface area contributed by atoms with Gasteiger partial charge in [-0.25, -0.2) is 4.79 Å². The Labute approximate surface area is 106 Å². The number of anilines is 1. The Bertz CT molecular complexity index is 526. The first kappa shape index (κ1) is 11.7. The van der Waals surface area contributed by atoms with Gasteiger partial charge in [0.15, 0.2) is 5.76 Å². The average molecular weight is 297 g/mol. The molecule has 0 unspecified atom stereocenters. The SMILES string of the molecule is O=C(O)c1cc(Br)ccc1NCc1ccno1. The highest BCUT2D eigenvalue weighted by molar-refractivity contribution is 9.10. The van der Waals surface area contributed by atoms with Gasteiger partial charge in [0.25, 0.3) is 0 Å². The van der Waals surface area contributed by atoms with E-state index < -0.39 is 5.97 Å². The summed E-state index contributed by atoms with van der Waals surface area (Å²) in [4.78, 5) is 11.0. The Kier molecular flexibility index (Phi) is 3.43. The average Bonchev–Trinajstić information content (AvgIpc) is 2.80. The third kappa shape index (κ3) is 2.85. The Morgan fingerprint density at radius 1 is 1.47 bits per heavy atom. The minimum atomic E-state index is -0.980. The van der Waals surface area contributed by atoms with Gasteiger partial charge in [-0.05, 0) is 18.2 Å². The molecule has 2 N–H and O–H groups in total. The summed E-state index contributed by atoms with van der Waals surface area (Å²) in [5, 5.41) is 15.6. The molecular weight excluding hydrogens is 288 g/mol. The number of aromatic carboxylic acids is 1. The highest BCUT2D eigenvalue weighted by Gasteiger charge is 2.10. The molecule has 1 heterocycles. The van der Waals surface area contributed by atoms with Crippen LogP contribution in [0, 0.1) is 0 Å². The second kappa shape index (κ2) is 5.01. The number of rotatable bonds is 4. The van der Waals surface area contributed by atoms with Crippen molar-refractivity contribution >= 4 is 27.6 Å². The summed E-state index contributed by atoms with van der Waals surface area (Å²) in [6.07, 6.45) is 1.54. The molecule has 0 fully saturated rings. The van der Waals surface area contributed by atoms with Crippen LogP contribution in [-0.2, 0) is 6.54 Å². The highest BCUT2D eigenvalue weighted by Crippen LogP contribution is 2.21. The van der Waals surface area contributed by atoms with Gasteiger partial charge in [-0.15, -0.1) is 0 Å². The minimum absolute atomic E-state index is 0.207. The summed E-state index contributed by atoms with van der Waals surface area (Å²) in [5.41, 5.74) is 0.746. The van der Waals surface area contributed by atoms with E-state index in [9.17, 15) is 4.79 Å². The van der Waals surface area contributed by atoms with E-state index in [1.165, 1.54) is 6.20 Å². The summed E-state index contributed by atoms with van der Waals surface area (Å²) in [6.45, 7) is 0.391. The van der Waals surface area contributed by atoms with Gasteiger partial charge >= 0.3 is 5.97 Å². The van der Waals surface area contributed by atoms with Crippen LogP contribution in [0.25, 0.3) is 0 Å². The van der Waals surface area contributed by atoms with Crippen molar-refractivity contribution < 1.29 is 14.4 Å². The zero-order chi connectivity index (χ0) is 12.3. The molecule has 0 aliphatic heterocycles. The van der Waals surface area contributed by atoms with Crippen molar-refractivity contribution in [3.63, 3.8) is 0 Å². The van der Waals surface area contributed by atoms with Crippen molar-refractivity contribution in [1.29, 1.82) is 0 Å². The molecule has 0 spiro atoms. The minimum Gasteiger partial charge on any atom is -0.478 e. The number of carboxylic acid groups (broad SMARTS) is 1. The van der Waals surface area contributed by atoms with Crippen LogP contribution >= 0.6 is 15.9 Å². The molecule has 6 heteroatoms. The van der Waals surface area contributed by atoms with Crippen LogP contribution in [0.5, 0.6) is 0 Å². The molecule has 5 nitrogen and oxygen atoms in total. The number of aromatic nitrogens is 1. The molecule has 1 aromatic carbocycles. The van der Waals surface area contributed by atoms with Crippen LogP contribution in [0.2, 0.25) is 0 Å². The first-order chi connectivity index (χ1) is 8.16. The van der Waals surface area contributed by atoms with Crippen LogP contribution in [0.3, 0.4) is 0 Å². The van der Waals surface area contributed by atoms with Crippen LogP contribution < -0.4 is 5.32 Å². The molecule has 0 bridgehead atoms. The first-order valence-corrected chi connectivity index (χ1v) is 5.62. The van der Waals surface area contributed by atoms with Gasteiger partial charge in [0.05, 0.1) is 18.3 Å². The van der Waals surface area contributed by atoms with E-state index in [0.29, 0.717) is 18.0 Å². The number of nitrogens with one attached hydrogen (secondary N) is 1. The Hall–Kier alpha value is -1.82. The van der Waals surface area contributed by atoms with E-state index in [2.05, 4.69) is 26.4 Å². The molecule has 0 saturated carbocycles. The molecule has 17 heavy (non-hydrogen) atoms. The smallest absolute Gasteiger partial charge is 0.337 e. The lowest BCUT2D eigenvalue weighted by Gasteiger charge is -2.08. The molecule has 1 aromatic heterocycles. The maximum Gasteiger partial charge on any atom is 0.337 e. The number of nitrogens with zero attached hydrogens (tertiary/aromatic N) is 1. The van der Waals surface area contributed by atoms with Gasteiger partial charge < -0.3 is 14.9 Å². The van der Waals surface area contributed by atoms with E-state index in [1.54, 1.807) is 24.3 Å². The number of hydrogen-bond acceptors (Lipinski definition) is 4. The van der Waals surface area contributed by atoms with E-state index >= 15 is 0 Å². The summed E-state index contributed by atoms with van der Waals surface area (Å²) < 4.78 is 5.63. The van der Waals surface area contributed by atoms with E-state index in [0.717, 1.165) is 4.47 Å². The molecule has 88 valence electrons. The maximum atomic E-state index is 11.0. The topological polar surface area (TPSA) is 75.4 Å². The zero-order valence-corrected chi connectivity index (χ0v) is 10.3. The molecule has 0 aliphatic carbocycles. The molecule has 2 rings (SSSR count). The fourth-order valence-electron chi connectivity index (χ4n) is 1.36. The predicted octanol–water partition coefficient (Wildman–Crippen LogP) is 2.75. The lowest BCUT2D eigenvalue weighted by Crippen LogP contribution is -2.06. The van der Waals surface area contributed by atoms with Gasteiger partial charge in [0.2, 0.25) is 0 Å². The third-order valence-electron chi connectivity index (χ3n) is 2.16. The summed E-state index contributed by atoms with van der Waals surface area (Å²) in [6, 6.07) is 6.73. The highest BCUT2D eigenvalue weighted by atomic mass is 79.9. The standard InChI is InChI=1S/C11H9BrN2O3/c12-7-1-2-10(9(5-7)11(15)16)13-6-8-3-4-14-17-8/h1-5,13H,6H2,(H,15,16). The van der Waals surface area contributed by atoms with Crippen molar-refractivity contribution in [1.82, 2.24) is 5.16 Å². The molecule has 2 aromatic rings. The van der Waals surface area contributed by atoms with Gasteiger partial charge in [-0.2, -0.15) is 0 Å². The lowest BCUT2D eigenvalue weighted by molar-refractivity contribution is 0.0698. The third-order valence-corrected chi connectivity index (χ3v) is 2.65. The lowest BCUT2D eigenvalue weighted by atomic mass is 10.2. The molecule has 0 atom stereocenters. The number of carboxylic acids is 1. The fourth-order valence-corrected chi connectivity index (χ4v) is 1.72. The Balaban J connectivity index is 2.17. The largest absolute Gasteiger partial charge is 0.478 e. The molecule has 0 amide bonds. The number of halogens is 1. The van der Waals surface area contributed by atoms with Crippen molar-refractivity contribution in [3.8, 4) is 0 Å². The van der Waals surface area contributed by atoms with E-state index in [1.807, 2.05) is 0 Å². The monoisotopic (exact) mass is 296 g/mol. The van der Waals surface area contributed by atoms with Crippen molar-refractivity contribution in [2.24, 2.45) is 0 Å². The van der Waals surface area contributed by atoms with Crippen LogP contribution in [0.4, 0.5) is 5.69 Å². The number of carbonyl (C=O) groups is 1. The van der Waals surface area contributed by atoms with E-state index in [4.69, 9.17) is 9.63 Å². The second-order valence-corrected chi connectivity index (χ2v) is 4.24. The molecular formula is C11H9BrN2O3. The normalized spacial score (nSPS) is 10.2. The fraction of sp³-hybridized carbons (Fsp3) is 0.0909. The van der Waals surface area contributed by atoms with Crippen LogP contribution in [0.1, 0.15) is 16.1 Å². The van der Waals surface area contributed by atoms with Crippen LogP contribution in [-0.4, -0.2) is 16.2 Å². The van der Waals surface area contributed by atoms with E-state index in [-0.39, 0.29) is 5.56 Å². The van der Waals surface area contributed by atoms with Gasteiger partial charge in [0, 0.05) is 16.2 Å². The van der Waals surface area contributed by atoms with Gasteiger partial charge in [-0.1, -0.05) is 21.1 Å². The van der Waals surface area contributed by atoms with Crippen LogP contribution in [0.15, 0.2) is 39.5 Å². The van der Waals surface area contributed by atoms with Gasteiger partial charge in [0.1, 0.15) is 0 Å². The summed E-state index contributed by atoms with van der Waals surface area (Å²) in [7, 11) is 0. The van der Waals surface area contributed by atoms with Crippen molar-refractivity contribution in [2.75, 3.05) is 5.32 Å². The number of hydrogen-bond donors (Lipinski definition) is 2. The molecule has 0 saturated heterocycles. The first-order valence-electron chi connectivity index (χ1n) is 4.83. The molecule has 0 aliphatic rings.